The monoisotopic (exact) mass is 420 g/mol. The molecule has 1 atom stereocenters. The van der Waals surface area contributed by atoms with Crippen molar-refractivity contribution in [1.29, 1.82) is 0 Å². The fourth-order valence-electron chi connectivity index (χ4n) is 4.01. The summed E-state index contributed by atoms with van der Waals surface area (Å²) >= 11 is 0. The van der Waals surface area contributed by atoms with Crippen LogP contribution in [-0.2, 0) is 11.2 Å². The molecule has 0 bridgehead atoms. The molecule has 1 N–H and O–H groups in total. The Morgan fingerprint density at radius 2 is 2.06 bits per heavy atom. The summed E-state index contributed by atoms with van der Waals surface area (Å²) in [5.41, 5.74) is 1.11. The van der Waals surface area contributed by atoms with Crippen LogP contribution in [0.25, 0.3) is 5.95 Å². The molecule has 1 fully saturated rings. The van der Waals surface area contributed by atoms with Gasteiger partial charge in [-0.2, -0.15) is 4.98 Å². The van der Waals surface area contributed by atoms with Crippen LogP contribution in [0.1, 0.15) is 18.4 Å². The number of benzene rings is 1. The number of anilines is 1. The Morgan fingerprint density at radius 1 is 1.16 bits per heavy atom. The molecule has 2 aromatic heterocycles. The Labute approximate surface area is 180 Å². The Kier molecular flexibility index (Phi) is 5.39. The number of carbonyl (C=O) groups is 1. The van der Waals surface area contributed by atoms with Crippen LogP contribution in [0.3, 0.4) is 0 Å². The molecule has 0 aliphatic carbocycles. The van der Waals surface area contributed by atoms with Crippen LogP contribution >= 0.6 is 0 Å². The van der Waals surface area contributed by atoms with E-state index in [-0.39, 0.29) is 11.9 Å². The lowest BCUT2D eigenvalue weighted by molar-refractivity contribution is -0.122. The van der Waals surface area contributed by atoms with Crippen molar-refractivity contribution < 1.29 is 14.3 Å². The SMILES string of the molecule is O=C(NCCc1ccc2c(c1)OCCO2)C1CCCN1c1ccnc(-n2ccnc2)n1. The third kappa shape index (κ3) is 4.16. The van der Waals surface area contributed by atoms with Crippen molar-refractivity contribution in [2.24, 2.45) is 0 Å². The Morgan fingerprint density at radius 3 is 2.94 bits per heavy atom. The van der Waals surface area contributed by atoms with Gasteiger partial charge in [-0.1, -0.05) is 6.07 Å². The number of aromatic nitrogens is 4. The molecule has 0 spiro atoms. The maximum Gasteiger partial charge on any atom is 0.242 e. The first-order valence-corrected chi connectivity index (χ1v) is 10.5. The van der Waals surface area contributed by atoms with Gasteiger partial charge in [-0.25, -0.2) is 9.97 Å². The van der Waals surface area contributed by atoms with E-state index in [1.807, 2.05) is 24.3 Å². The minimum atomic E-state index is -0.231. The van der Waals surface area contributed by atoms with Gasteiger partial charge in [0.2, 0.25) is 11.9 Å². The number of nitrogens with zero attached hydrogens (tertiary/aromatic N) is 5. The van der Waals surface area contributed by atoms with Gasteiger partial charge in [-0.3, -0.25) is 9.36 Å². The summed E-state index contributed by atoms with van der Waals surface area (Å²) < 4.78 is 12.9. The van der Waals surface area contributed by atoms with Gasteiger partial charge in [0.1, 0.15) is 31.4 Å². The second-order valence-corrected chi connectivity index (χ2v) is 7.56. The van der Waals surface area contributed by atoms with Crippen LogP contribution in [0.2, 0.25) is 0 Å². The van der Waals surface area contributed by atoms with E-state index in [0.717, 1.165) is 48.7 Å². The first-order valence-electron chi connectivity index (χ1n) is 10.5. The fourth-order valence-corrected chi connectivity index (χ4v) is 4.01. The zero-order chi connectivity index (χ0) is 21.0. The molecule has 3 aromatic rings. The third-order valence-corrected chi connectivity index (χ3v) is 5.53. The average Bonchev–Trinajstić information content (AvgIpc) is 3.51. The number of rotatable bonds is 6. The maximum absolute atomic E-state index is 12.9. The number of hydrogen-bond acceptors (Lipinski definition) is 7. The van der Waals surface area contributed by atoms with E-state index in [0.29, 0.717) is 25.7 Å². The Balaban J connectivity index is 1.21. The molecule has 1 unspecified atom stereocenters. The molecule has 0 saturated carbocycles. The lowest BCUT2D eigenvalue weighted by atomic mass is 10.1. The second-order valence-electron chi connectivity index (χ2n) is 7.56. The summed E-state index contributed by atoms with van der Waals surface area (Å²) in [5.74, 6) is 2.87. The quantitative estimate of drug-likeness (QED) is 0.649. The minimum Gasteiger partial charge on any atom is -0.486 e. The van der Waals surface area contributed by atoms with Crippen molar-refractivity contribution in [3.05, 3.63) is 54.7 Å². The fraction of sp³-hybridized carbons (Fsp3) is 0.364. The van der Waals surface area contributed by atoms with Crippen LogP contribution in [0.15, 0.2) is 49.2 Å². The molecule has 2 aliphatic rings. The van der Waals surface area contributed by atoms with Crippen LogP contribution in [-0.4, -0.2) is 57.8 Å². The predicted octanol–water partition coefficient (Wildman–Crippen LogP) is 1.76. The molecule has 1 aromatic carbocycles. The zero-order valence-electron chi connectivity index (χ0n) is 17.1. The molecule has 5 rings (SSSR count). The van der Waals surface area contributed by atoms with Crippen LogP contribution in [0.5, 0.6) is 11.5 Å². The lowest BCUT2D eigenvalue weighted by Gasteiger charge is -2.25. The van der Waals surface area contributed by atoms with Crippen LogP contribution in [0.4, 0.5) is 5.82 Å². The Hall–Kier alpha value is -3.62. The molecule has 1 saturated heterocycles. The van der Waals surface area contributed by atoms with Gasteiger partial charge in [-0.15, -0.1) is 0 Å². The highest BCUT2D eigenvalue weighted by atomic mass is 16.6. The molecule has 9 heteroatoms. The smallest absolute Gasteiger partial charge is 0.242 e. The maximum atomic E-state index is 12.9. The van der Waals surface area contributed by atoms with Crippen molar-refractivity contribution in [3.8, 4) is 17.4 Å². The summed E-state index contributed by atoms with van der Waals surface area (Å²) in [6, 6.07) is 7.55. The van der Waals surface area contributed by atoms with Gasteiger partial charge in [0, 0.05) is 31.7 Å². The van der Waals surface area contributed by atoms with Crippen molar-refractivity contribution in [3.63, 3.8) is 0 Å². The minimum absolute atomic E-state index is 0.0258. The number of amides is 1. The van der Waals surface area contributed by atoms with Gasteiger partial charge in [0.05, 0.1) is 0 Å². The normalized spacial score (nSPS) is 17.5. The van der Waals surface area contributed by atoms with Gasteiger partial charge >= 0.3 is 0 Å². The third-order valence-electron chi connectivity index (χ3n) is 5.53. The number of fused-ring (bicyclic) bond motifs is 1. The van der Waals surface area contributed by atoms with Gasteiger partial charge in [0.15, 0.2) is 11.5 Å². The van der Waals surface area contributed by atoms with E-state index >= 15 is 0 Å². The predicted molar refractivity (Wildman–Crippen MR) is 114 cm³/mol. The van der Waals surface area contributed by atoms with Crippen molar-refractivity contribution in [1.82, 2.24) is 24.8 Å². The first-order chi connectivity index (χ1) is 15.3. The van der Waals surface area contributed by atoms with E-state index in [9.17, 15) is 4.79 Å². The van der Waals surface area contributed by atoms with Crippen molar-refractivity contribution in [2.75, 3.05) is 31.2 Å². The average molecular weight is 420 g/mol. The largest absolute Gasteiger partial charge is 0.486 e. The Bertz CT molecular complexity index is 1060. The van der Waals surface area contributed by atoms with Gasteiger partial charge < -0.3 is 19.7 Å². The molecular weight excluding hydrogens is 396 g/mol. The van der Waals surface area contributed by atoms with Crippen molar-refractivity contribution >= 4 is 11.7 Å². The second kappa shape index (κ2) is 8.63. The number of hydrogen-bond donors (Lipinski definition) is 1. The van der Waals surface area contributed by atoms with E-state index in [2.05, 4.69) is 25.2 Å². The van der Waals surface area contributed by atoms with E-state index in [1.54, 1.807) is 29.5 Å². The summed E-state index contributed by atoms with van der Waals surface area (Å²) in [4.78, 5) is 27.9. The molecule has 0 radical (unpaired) electrons. The van der Waals surface area contributed by atoms with Gasteiger partial charge in [0.25, 0.3) is 0 Å². The van der Waals surface area contributed by atoms with E-state index in [4.69, 9.17) is 9.47 Å². The van der Waals surface area contributed by atoms with Gasteiger partial charge in [-0.05, 0) is 43.0 Å². The topological polar surface area (TPSA) is 94.4 Å². The highest BCUT2D eigenvalue weighted by Crippen LogP contribution is 2.31. The highest BCUT2D eigenvalue weighted by molar-refractivity contribution is 5.85. The number of imidazole rings is 1. The molecule has 160 valence electrons. The molecule has 31 heavy (non-hydrogen) atoms. The van der Waals surface area contributed by atoms with Crippen LogP contribution < -0.4 is 19.7 Å². The van der Waals surface area contributed by atoms with E-state index < -0.39 is 0 Å². The number of ether oxygens (including phenoxy) is 2. The summed E-state index contributed by atoms with van der Waals surface area (Å²) in [6.07, 6.45) is 9.34. The molecule has 4 heterocycles. The number of nitrogens with one attached hydrogen (secondary N) is 1. The lowest BCUT2D eigenvalue weighted by Crippen LogP contribution is -2.44. The van der Waals surface area contributed by atoms with Crippen LogP contribution in [0, 0.1) is 0 Å². The first kappa shape index (κ1) is 19.3. The summed E-state index contributed by atoms with van der Waals surface area (Å²) in [6.45, 7) is 2.50. The molecule has 9 nitrogen and oxygen atoms in total. The van der Waals surface area contributed by atoms with E-state index in [1.165, 1.54) is 0 Å². The molecule has 1 amide bonds. The standard InChI is InChI=1S/C22H24N6O3/c29-21(24-7-5-16-3-4-18-19(14-16)31-13-12-30-18)17-2-1-10-28(17)20-6-8-25-22(26-20)27-11-9-23-15-27/h3-4,6,8-9,11,14-15,17H,1-2,5,7,10,12-13H2,(H,24,29). The van der Waals surface area contributed by atoms with Crippen molar-refractivity contribution in [2.45, 2.75) is 25.3 Å². The molecule has 2 aliphatic heterocycles. The summed E-state index contributed by atoms with van der Waals surface area (Å²) in [5, 5.41) is 3.08. The molecular formula is C22H24N6O3. The summed E-state index contributed by atoms with van der Waals surface area (Å²) in [7, 11) is 0. The highest BCUT2D eigenvalue weighted by Gasteiger charge is 2.31. The number of carbonyl (C=O) groups excluding carboxylic acids is 1. The zero-order valence-corrected chi connectivity index (χ0v) is 17.1.